The molecule has 0 radical (unpaired) electrons. The first-order valence-electron chi connectivity index (χ1n) is 8.52. The van der Waals surface area contributed by atoms with E-state index in [9.17, 15) is 9.90 Å². The van der Waals surface area contributed by atoms with Crippen LogP contribution in [0, 0.1) is 0 Å². The van der Waals surface area contributed by atoms with E-state index in [4.69, 9.17) is 0 Å². The van der Waals surface area contributed by atoms with Crippen LogP contribution in [0.15, 0.2) is 58.5 Å². The minimum Gasteiger partial charge on any atom is -0.507 e. The monoisotopic (exact) mass is 367 g/mol. The Hall–Kier alpha value is -2.80. The van der Waals surface area contributed by atoms with E-state index in [1.54, 1.807) is 16.8 Å². The third kappa shape index (κ3) is 2.84. The highest BCUT2D eigenvalue weighted by Crippen LogP contribution is 2.33. The lowest BCUT2D eigenvalue weighted by atomic mass is 10.0. The molecule has 4 rings (SSSR count). The van der Waals surface area contributed by atoms with Crippen LogP contribution in [-0.4, -0.2) is 20.9 Å². The number of nitrogens with zero attached hydrogens (tertiary/aromatic N) is 2. The van der Waals surface area contributed by atoms with Crippen molar-refractivity contribution in [3.8, 4) is 17.0 Å². The SMILES string of the molecule is CCCSc1n[n+]2c(c(=O)[nH]1)-c1ccccc1N[C@H]2c1ccccc1O. The molecule has 0 amide bonds. The Morgan fingerprint density at radius 1 is 1.19 bits per heavy atom. The predicted molar refractivity (Wildman–Crippen MR) is 101 cm³/mol. The molecule has 3 N–H and O–H groups in total. The zero-order valence-electron chi connectivity index (χ0n) is 14.3. The number of para-hydroxylation sites is 2. The zero-order valence-corrected chi connectivity index (χ0v) is 15.1. The fraction of sp³-hybridized carbons (Fsp3) is 0.211. The molecule has 2 heterocycles. The van der Waals surface area contributed by atoms with Crippen molar-refractivity contribution in [3.05, 3.63) is 64.4 Å². The van der Waals surface area contributed by atoms with E-state index in [2.05, 4.69) is 22.3 Å². The van der Waals surface area contributed by atoms with Crippen LogP contribution in [0.2, 0.25) is 0 Å². The van der Waals surface area contributed by atoms with Gasteiger partial charge in [0, 0.05) is 10.9 Å². The van der Waals surface area contributed by atoms with Crippen molar-refractivity contribution in [2.24, 2.45) is 0 Å². The number of aromatic hydroxyl groups is 1. The maximum absolute atomic E-state index is 12.9. The summed E-state index contributed by atoms with van der Waals surface area (Å²) < 4.78 is 1.67. The number of hydrogen-bond acceptors (Lipinski definition) is 5. The Kier molecular flexibility index (Phi) is 4.38. The maximum atomic E-state index is 12.9. The van der Waals surface area contributed by atoms with Crippen molar-refractivity contribution in [2.75, 3.05) is 11.1 Å². The number of anilines is 1. The van der Waals surface area contributed by atoms with E-state index in [0.29, 0.717) is 16.4 Å². The number of rotatable bonds is 4. The molecule has 2 aromatic carbocycles. The summed E-state index contributed by atoms with van der Waals surface area (Å²) in [5, 5.41) is 19.0. The molecule has 0 spiro atoms. The van der Waals surface area contributed by atoms with Crippen LogP contribution >= 0.6 is 11.8 Å². The number of phenols is 1. The second-order valence-electron chi connectivity index (χ2n) is 6.05. The summed E-state index contributed by atoms with van der Waals surface area (Å²) >= 11 is 1.51. The third-order valence-corrected chi connectivity index (χ3v) is 5.33. The van der Waals surface area contributed by atoms with Gasteiger partial charge in [-0.2, -0.15) is 0 Å². The number of fused-ring (bicyclic) bond motifs is 3. The first-order chi connectivity index (χ1) is 12.7. The molecule has 1 aromatic heterocycles. The number of thioether (sulfide) groups is 1. The highest BCUT2D eigenvalue weighted by molar-refractivity contribution is 7.99. The van der Waals surface area contributed by atoms with E-state index >= 15 is 0 Å². The van der Waals surface area contributed by atoms with Gasteiger partial charge in [0.05, 0.1) is 16.8 Å². The van der Waals surface area contributed by atoms with Gasteiger partial charge in [0.25, 0.3) is 6.17 Å². The molecule has 0 saturated heterocycles. The van der Waals surface area contributed by atoms with Crippen LogP contribution in [0.5, 0.6) is 5.75 Å². The number of phenolic OH excluding ortho intramolecular Hbond substituents is 1. The summed E-state index contributed by atoms with van der Waals surface area (Å²) in [7, 11) is 0. The molecule has 3 aromatic rings. The van der Waals surface area contributed by atoms with Gasteiger partial charge < -0.3 is 10.4 Å². The standard InChI is InChI=1S/C19H18N4O2S/c1-2-11-26-19-21-18(25)16-12-7-3-5-9-14(12)20-17(23(16)22-19)13-8-4-6-10-15(13)24/h3-10,17H,2,11H2,1H3,(H2,21,22,24,25)/p+1/t17-/m1/s1. The Balaban J connectivity index is 1.94. The van der Waals surface area contributed by atoms with Crippen molar-refractivity contribution < 1.29 is 9.79 Å². The predicted octanol–water partition coefficient (Wildman–Crippen LogP) is 2.90. The van der Waals surface area contributed by atoms with Crippen molar-refractivity contribution in [2.45, 2.75) is 24.7 Å². The zero-order chi connectivity index (χ0) is 18.1. The summed E-state index contributed by atoms with van der Waals surface area (Å²) in [5.74, 6) is 1.03. The Bertz CT molecular complexity index is 1020. The lowest BCUT2D eigenvalue weighted by Crippen LogP contribution is -2.55. The molecule has 0 bridgehead atoms. The lowest BCUT2D eigenvalue weighted by Gasteiger charge is -2.22. The summed E-state index contributed by atoms with van der Waals surface area (Å²) in [5.41, 5.74) is 2.58. The van der Waals surface area contributed by atoms with Crippen LogP contribution in [0.3, 0.4) is 0 Å². The van der Waals surface area contributed by atoms with Crippen LogP contribution in [-0.2, 0) is 0 Å². The van der Waals surface area contributed by atoms with E-state index in [1.165, 1.54) is 11.8 Å². The van der Waals surface area contributed by atoms with Gasteiger partial charge in [0.1, 0.15) is 5.75 Å². The second-order valence-corrected chi connectivity index (χ2v) is 7.14. The number of hydrogen-bond donors (Lipinski definition) is 3. The minimum absolute atomic E-state index is 0.160. The molecular weight excluding hydrogens is 348 g/mol. The molecule has 0 unspecified atom stereocenters. The lowest BCUT2D eigenvalue weighted by molar-refractivity contribution is -0.759. The van der Waals surface area contributed by atoms with Gasteiger partial charge in [0.15, 0.2) is 0 Å². The molecule has 132 valence electrons. The molecule has 0 fully saturated rings. The van der Waals surface area contributed by atoms with Gasteiger partial charge in [-0.05, 0) is 35.4 Å². The number of H-pyrrole nitrogens is 1. The van der Waals surface area contributed by atoms with E-state index in [0.717, 1.165) is 23.4 Å². The summed E-state index contributed by atoms with van der Waals surface area (Å²) in [6, 6.07) is 14.7. The van der Waals surface area contributed by atoms with Gasteiger partial charge in [-0.1, -0.05) is 43.0 Å². The Labute approximate surface area is 154 Å². The summed E-state index contributed by atoms with van der Waals surface area (Å²) in [6.45, 7) is 2.08. The van der Waals surface area contributed by atoms with Gasteiger partial charge in [-0.3, -0.25) is 9.78 Å². The second kappa shape index (κ2) is 6.84. The number of aromatic amines is 1. The smallest absolute Gasteiger partial charge is 0.325 e. The van der Waals surface area contributed by atoms with Crippen molar-refractivity contribution in [1.29, 1.82) is 0 Å². The summed E-state index contributed by atoms with van der Waals surface area (Å²) in [6.07, 6.45) is 0.518. The van der Waals surface area contributed by atoms with Crippen LogP contribution in [0.25, 0.3) is 11.3 Å². The Morgan fingerprint density at radius 2 is 1.96 bits per heavy atom. The number of nitrogens with one attached hydrogen (secondary N) is 2. The average molecular weight is 367 g/mol. The molecule has 0 saturated carbocycles. The Morgan fingerprint density at radius 3 is 2.77 bits per heavy atom. The molecule has 6 nitrogen and oxygen atoms in total. The van der Waals surface area contributed by atoms with Gasteiger partial charge in [0.2, 0.25) is 5.16 Å². The third-order valence-electron chi connectivity index (χ3n) is 4.26. The minimum atomic E-state index is -0.468. The quantitative estimate of drug-likeness (QED) is 0.488. The van der Waals surface area contributed by atoms with Gasteiger partial charge >= 0.3 is 11.3 Å². The molecular formula is C19H19N4O2S+. The average Bonchev–Trinajstić information content (AvgIpc) is 2.66. The highest BCUT2D eigenvalue weighted by Gasteiger charge is 2.38. The molecule has 0 aliphatic carbocycles. The molecule has 1 aliphatic heterocycles. The largest absolute Gasteiger partial charge is 0.507 e. The normalized spacial score (nSPS) is 15.0. The number of benzene rings is 2. The fourth-order valence-electron chi connectivity index (χ4n) is 3.08. The first kappa shape index (κ1) is 16.7. The fourth-order valence-corrected chi connectivity index (χ4v) is 3.79. The molecule has 1 aliphatic rings. The van der Waals surface area contributed by atoms with Gasteiger partial charge in [-0.15, -0.1) is 0 Å². The van der Waals surface area contributed by atoms with Crippen LogP contribution in [0.4, 0.5) is 5.69 Å². The molecule has 26 heavy (non-hydrogen) atoms. The van der Waals surface area contributed by atoms with Crippen molar-refractivity contribution in [3.63, 3.8) is 0 Å². The van der Waals surface area contributed by atoms with E-state index < -0.39 is 6.17 Å². The van der Waals surface area contributed by atoms with E-state index in [1.807, 2.05) is 36.4 Å². The van der Waals surface area contributed by atoms with Crippen LogP contribution in [0.1, 0.15) is 25.1 Å². The van der Waals surface area contributed by atoms with Crippen LogP contribution < -0.4 is 15.6 Å². The molecule has 1 atom stereocenters. The maximum Gasteiger partial charge on any atom is 0.325 e. The van der Waals surface area contributed by atoms with Crippen molar-refractivity contribution in [1.82, 2.24) is 10.1 Å². The summed E-state index contributed by atoms with van der Waals surface area (Å²) in [4.78, 5) is 15.7. The van der Waals surface area contributed by atoms with Crippen molar-refractivity contribution >= 4 is 17.4 Å². The van der Waals surface area contributed by atoms with Gasteiger partial charge in [-0.25, -0.2) is 0 Å². The molecule has 7 heteroatoms. The number of aromatic nitrogens is 3. The topological polar surface area (TPSA) is 81.9 Å². The van der Waals surface area contributed by atoms with E-state index in [-0.39, 0.29) is 11.3 Å². The first-order valence-corrected chi connectivity index (χ1v) is 9.50. The highest BCUT2D eigenvalue weighted by atomic mass is 32.2.